The minimum absolute atomic E-state index is 0.00579. The second-order valence-corrected chi connectivity index (χ2v) is 16.1. The number of hydrogen-bond acceptors (Lipinski definition) is 8. The van der Waals surface area contributed by atoms with Crippen molar-refractivity contribution in [1.29, 1.82) is 0 Å². The molecule has 0 bridgehead atoms. The van der Waals surface area contributed by atoms with Crippen molar-refractivity contribution in [1.82, 2.24) is 20.9 Å². The van der Waals surface area contributed by atoms with Gasteiger partial charge in [0.1, 0.15) is 12.4 Å². The molecule has 0 radical (unpaired) electrons. The van der Waals surface area contributed by atoms with Crippen molar-refractivity contribution in [2.45, 2.75) is 57.5 Å². The molecular formula is C44H56F2N4O7. The molecule has 0 saturated carbocycles. The van der Waals surface area contributed by atoms with E-state index in [4.69, 9.17) is 4.74 Å². The number of hydrogen-bond donors (Lipinski definition) is 6. The Morgan fingerprint density at radius 2 is 1.07 bits per heavy atom. The summed E-state index contributed by atoms with van der Waals surface area (Å²) in [7, 11) is 0. The molecule has 3 aliphatic rings. The Kier molecular flexibility index (Phi) is 14.7. The number of benzene rings is 3. The van der Waals surface area contributed by atoms with E-state index in [0.717, 1.165) is 54.9 Å². The van der Waals surface area contributed by atoms with Crippen LogP contribution in [0.3, 0.4) is 0 Å². The van der Waals surface area contributed by atoms with Gasteiger partial charge in [-0.05, 0) is 135 Å². The van der Waals surface area contributed by atoms with Crippen LogP contribution in [0.5, 0.6) is 5.75 Å². The summed E-state index contributed by atoms with van der Waals surface area (Å²) in [6, 6.07) is 17.8. The van der Waals surface area contributed by atoms with Crippen molar-refractivity contribution in [3.05, 3.63) is 101 Å². The molecule has 3 aliphatic heterocycles. The van der Waals surface area contributed by atoms with E-state index in [2.05, 4.69) is 16.0 Å². The summed E-state index contributed by atoms with van der Waals surface area (Å²) in [4.78, 5) is 37.6. The molecule has 13 heteroatoms. The molecule has 6 N–H and O–H groups in total. The van der Waals surface area contributed by atoms with Gasteiger partial charge in [-0.15, -0.1) is 0 Å². The lowest BCUT2D eigenvalue weighted by atomic mass is 9.85. The third-order valence-corrected chi connectivity index (χ3v) is 12.1. The molecule has 3 aromatic carbocycles. The third kappa shape index (κ3) is 11.8. The normalized spacial score (nSPS) is 21.4. The zero-order valence-electron chi connectivity index (χ0n) is 32.4. The summed E-state index contributed by atoms with van der Waals surface area (Å²) in [6.07, 6.45) is 2.60. The maximum absolute atomic E-state index is 16.6. The van der Waals surface area contributed by atoms with Gasteiger partial charge >= 0.3 is 24.0 Å². The van der Waals surface area contributed by atoms with Crippen molar-refractivity contribution in [3.63, 3.8) is 0 Å². The second-order valence-electron chi connectivity index (χ2n) is 16.1. The van der Waals surface area contributed by atoms with Crippen molar-refractivity contribution in [2.75, 3.05) is 52.4 Å². The van der Waals surface area contributed by atoms with E-state index in [0.29, 0.717) is 54.9 Å². The molecule has 6 rings (SSSR count). The Morgan fingerprint density at radius 3 is 1.53 bits per heavy atom. The molecule has 0 spiro atoms. The number of carbonyl (C=O) groups is 3. The van der Waals surface area contributed by atoms with Gasteiger partial charge in [0.15, 0.2) is 0 Å². The molecule has 0 amide bonds. The maximum atomic E-state index is 16.6. The van der Waals surface area contributed by atoms with Crippen LogP contribution in [-0.4, -0.2) is 96.6 Å². The van der Waals surface area contributed by atoms with Gasteiger partial charge in [-0.1, -0.05) is 60.7 Å². The van der Waals surface area contributed by atoms with Gasteiger partial charge in [0.2, 0.25) is 0 Å². The van der Waals surface area contributed by atoms with Gasteiger partial charge < -0.3 is 36.0 Å². The van der Waals surface area contributed by atoms with Crippen LogP contribution in [0.25, 0.3) is 0 Å². The lowest BCUT2D eigenvalue weighted by Gasteiger charge is -2.32. The zero-order chi connectivity index (χ0) is 40.4. The highest BCUT2D eigenvalue weighted by molar-refractivity contribution is 5.72. The summed E-state index contributed by atoms with van der Waals surface area (Å²) in [5.74, 6) is -3.89. The van der Waals surface area contributed by atoms with Gasteiger partial charge in [0.05, 0.1) is 24.2 Å². The fourth-order valence-electron chi connectivity index (χ4n) is 8.88. The van der Waals surface area contributed by atoms with Gasteiger partial charge in [0.25, 0.3) is 0 Å². The van der Waals surface area contributed by atoms with Crippen molar-refractivity contribution < 1.29 is 43.2 Å². The monoisotopic (exact) mass is 790 g/mol. The van der Waals surface area contributed by atoms with Crippen LogP contribution in [0.4, 0.5) is 8.78 Å². The van der Waals surface area contributed by atoms with E-state index in [1.807, 2.05) is 18.2 Å². The second kappa shape index (κ2) is 19.8. The highest BCUT2D eigenvalue weighted by atomic mass is 19.3. The lowest BCUT2D eigenvalue weighted by molar-refractivity contribution is -0.152. The zero-order valence-corrected chi connectivity index (χ0v) is 32.4. The number of nitrogens with one attached hydrogen (secondary N) is 3. The average molecular weight is 791 g/mol. The molecule has 0 aromatic heterocycles. The molecule has 0 aliphatic carbocycles. The number of alkyl halides is 2. The van der Waals surface area contributed by atoms with E-state index in [-0.39, 0.29) is 43.9 Å². The summed E-state index contributed by atoms with van der Waals surface area (Å²) >= 11 is 0. The minimum Gasteiger partial charge on any atom is -0.492 e. The third-order valence-electron chi connectivity index (χ3n) is 12.1. The van der Waals surface area contributed by atoms with E-state index in [1.165, 1.54) is 0 Å². The lowest BCUT2D eigenvalue weighted by Crippen LogP contribution is -2.45. The van der Waals surface area contributed by atoms with Crippen molar-refractivity contribution in [3.8, 4) is 5.75 Å². The van der Waals surface area contributed by atoms with E-state index < -0.39 is 48.1 Å². The Bertz CT molecular complexity index is 1810. The van der Waals surface area contributed by atoms with Crippen LogP contribution in [0.2, 0.25) is 0 Å². The van der Waals surface area contributed by atoms with E-state index >= 15 is 8.78 Å². The van der Waals surface area contributed by atoms with Crippen molar-refractivity contribution in [2.24, 2.45) is 35.5 Å². The number of aliphatic carboxylic acids is 3. The van der Waals surface area contributed by atoms with Crippen LogP contribution >= 0.6 is 0 Å². The van der Waals surface area contributed by atoms with Gasteiger partial charge in [-0.2, -0.15) is 8.78 Å². The number of carboxylic acids is 3. The molecule has 3 aromatic rings. The molecular weight excluding hydrogens is 735 g/mol. The Labute approximate surface area is 333 Å². The first-order valence-electron chi connectivity index (χ1n) is 20.3. The predicted octanol–water partition coefficient (Wildman–Crippen LogP) is 4.96. The Morgan fingerprint density at radius 1 is 0.649 bits per heavy atom. The van der Waals surface area contributed by atoms with E-state index in [9.17, 15) is 29.7 Å². The summed E-state index contributed by atoms with van der Waals surface area (Å²) in [5, 5.41) is 39.6. The van der Waals surface area contributed by atoms with Crippen LogP contribution in [-0.2, 0) is 46.6 Å². The fraction of sp³-hybridized carbons (Fsp3) is 0.523. The molecule has 57 heavy (non-hydrogen) atoms. The highest BCUT2D eigenvalue weighted by Crippen LogP contribution is 2.31. The first-order valence-corrected chi connectivity index (χ1v) is 20.3. The van der Waals surface area contributed by atoms with Gasteiger partial charge in [-0.25, -0.2) is 4.90 Å². The molecule has 308 valence electrons. The maximum Gasteiger partial charge on any atom is 0.309 e. The summed E-state index contributed by atoms with van der Waals surface area (Å²) in [6.45, 7) is 3.89. The molecule has 0 unspecified atom stereocenters. The van der Waals surface area contributed by atoms with Crippen LogP contribution in [0.15, 0.2) is 72.8 Å². The number of rotatable bonds is 21. The molecule has 11 nitrogen and oxygen atoms in total. The molecule has 3 heterocycles. The summed E-state index contributed by atoms with van der Waals surface area (Å²) in [5.41, 5.74) is 3.28. The smallest absolute Gasteiger partial charge is 0.309 e. The molecule has 6 atom stereocenters. The van der Waals surface area contributed by atoms with Gasteiger partial charge in [0, 0.05) is 13.1 Å². The standard InChI is InChI=1S/C44H56F2N4O7/c45-44(46,24-32-7-1-4-29(18-32)21-38(41(51)52)34-10-13-47-25-34)50(28-33-8-2-5-30(19-33)22-39(42(53)54)35-11-14-48-26-35)16-17-57-37-9-3-6-31(20-37)23-40(43(55)56)36-12-15-49-27-36/h1-9,18-20,34-36,38-40,47-49H,10-17,21-28H2,(H,51,52)(H,53,54)(H,55,56)/t34-,35-,36-,38-,39-,40-/m0/s1. The van der Waals surface area contributed by atoms with Crippen LogP contribution < -0.4 is 20.7 Å². The Hall–Kier alpha value is -4.43. The van der Waals surface area contributed by atoms with Crippen LogP contribution in [0.1, 0.15) is 47.1 Å². The van der Waals surface area contributed by atoms with E-state index in [1.54, 1.807) is 54.6 Å². The van der Waals surface area contributed by atoms with Crippen molar-refractivity contribution >= 4 is 17.9 Å². The number of halogens is 2. The number of nitrogens with zero attached hydrogens (tertiary/aromatic N) is 1. The molecule has 3 fully saturated rings. The quantitative estimate of drug-likeness (QED) is 0.0810. The van der Waals surface area contributed by atoms with Crippen LogP contribution in [0, 0.1) is 35.5 Å². The number of carboxylic acid groups (broad SMARTS) is 3. The Balaban J connectivity index is 1.18. The first-order chi connectivity index (χ1) is 27.4. The minimum atomic E-state index is -3.34. The fourth-order valence-corrected chi connectivity index (χ4v) is 8.88. The average Bonchev–Trinajstić information content (AvgIpc) is 4.00. The highest BCUT2D eigenvalue weighted by Gasteiger charge is 2.38. The van der Waals surface area contributed by atoms with Gasteiger partial charge in [-0.3, -0.25) is 14.4 Å². The summed E-state index contributed by atoms with van der Waals surface area (Å²) < 4.78 is 39.3. The molecule has 3 saturated heterocycles. The number of ether oxygens (including phenoxy) is 1. The first kappa shape index (κ1) is 42.2. The SMILES string of the molecule is O=C(O)[C@@H](Cc1cccc(CN(CCOc2cccc(C[C@H](C(=O)O)[C@H]3CCNC3)c2)C(F)(F)Cc2cccc(C[C@H](C(=O)O)[C@H]3CCNC3)c2)c1)[C@H]1CCNC1. The topological polar surface area (TPSA) is 160 Å². The predicted molar refractivity (Wildman–Crippen MR) is 211 cm³/mol. The largest absolute Gasteiger partial charge is 0.492 e.